The molecule has 0 bridgehead atoms. The third-order valence-electron chi connectivity index (χ3n) is 3.14. The molecule has 1 amide bonds. The summed E-state index contributed by atoms with van der Waals surface area (Å²) < 4.78 is 0. The van der Waals surface area contributed by atoms with Crippen LogP contribution in [-0.2, 0) is 4.79 Å². The van der Waals surface area contributed by atoms with Crippen molar-refractivity contribution in [2.75, 3.05) is 37.4 Å². The first-order valence-corrected chi connectivity index (χ1v) is 6.32. The molecule has 1 aliphatic rings. The van der Waals surface area contributed by atoms with Gasteiger partial charge in [-0.1, -0.05) is 0 Å². The van der Waals surface area contributed by atoms with Crippen LogP contribution < -0.4 is 15.5 Å². The summed E-state index contributed by atoms with van der Waals surface area (Å²) in [4.78, 5) is 18.3. The number of hydrogen-bond donors (Lipinski definition) is 2. The van der Waals surface area contributed by atoms with Gasteiger partial charge < -0.3 is 15.5 Å². The lowest BCUT2D eigenvalue weighted by Gasteiger charge is -2.23. The Morgan fingerprint density at radius 2 is 2.39 bits per heavy atom. The highest BCUT2D eigenvalue weighted by Gasteiger charge is 2.21. The van der Waals surface area contributed by atoms with Crippen molar-refractivity contribution in [2.45, 2.75) is 12.8 Å². The molecule has 0 radical (unpaired) electrons. The zero-order chi connectivity index (χ0) is 13.0. The first kappa shape index (κ1) is 12.8. The van der Waals surface area contributed by atoms with Crippen LogP contribution in [0.1, 0.15) is 12.8 Å². The van der Waals surface area contributed by atoms with Gasteiger partial charge >= 0.3 is 0 Å². The van der Waals surface area contributed by atoms with E-state index in [0.717, 1.165) is 37.4 Å². The lowest BCUT2D eigenvalue weighted by Crippen LogP contribution is -2.37. The van der Waals surface area contributed by atoms with Gasteiger partial charge in [0.25, 0.3) is 0 Å². The first-order valence-electron chi connectivity index (χ1n) is 6.32. The van der Waals surface area contributed by atoms with Crippen molar-refractivity contribution < 1.29 is 4.79 Å². The molecule has 2 N–H and O–H groups in total. The number of aromatic nitrogens is 1. The number of piperidine rings is 1. The molecule has 0 saturated carbocycles. The van der Waals surface area contributed by atoms with Crippen LogP contribution in [-0.4, -0.2) is 38.1 Å². The van der Waals surface area contributed by atoms with Gasteiger partial charge in [0.15, 0.2) is 5.82 Å². The van der Waals surface area contributed by atoms with E-state index in [2.05, 4.69) is 15.6 Å². The van der Waals surface area contributed by atoms with Gasteiger partial charge in [-0.2, -0.15) is 0 Å². The van der Waals surface area contributed by atoms with Crippen LogP contribution in [0.3, 0.4) is 0 Å². The fourth-order valence-corrected chi connectivity index (χ4v) is 2.16. The zero-order valence-corrected chi connectivity index (χ0v) is 10.9. The fourth-order valence-electron chi connectivity index (χ4n) is 2.16. The van der Waals surface area contributed by atoms with Gasteiger partial charge in [0.2, 0.25) is 5.91 Å². The van der Waals surface area contributed by atoms with E-state index in [1.807, 2.05) is 31.1 Å². The molecule has 0 spiro atoms. The first-order chi connectivity index (χ1) is 8.68. The second-order valence-corrected chi connectivity index (χ2v) is 4.80. The molecule has 0 aliphatic carbocycles. The minimum Gasteiger partial charge on any atom is -0.361 e. The van der Waals surface area contributed by atoms with E-state index in [1.165, 1.54) is 0 Å². The Morgan fingerprint density at radius 1 is 1.56 bits per heavy atom. The fraction of sp³-hybridized carbons (Fsp3) is 0.538. The van der Waals surface area contributed by atoms with Gasteiger partial charge in [-0.05, 0) is 31.5 Å². The van der Waals surface area contributed by atoms with Gasteiger partial charge in [0, 0.05) is 26.8 Å². The van der Waals surface area contributed by atoms with Gasteiger partial charge in [-0.15, -0.1) is 0 Å². The number of carbonyl (C=O) groups excluding carboxylic acids is 1. The number of amides is 1. The minimum absolute atomic E-state index is 0.0639. The highest BCUT2D eigenvalue weighted by molar-refractivity contribution is 5.95. The number of hydrogen-bond acceptors (Lipinski definition) is 4. The van der Waals surface area contributed by atoms with Crippen molar-refractivity contribution in [3.8, 4) is 0 Å². The van der Waals surface area contributed by atoms with Gasteiger partial charge in [0.1, 0.15) is 0 Å². The van der Waals surface area contributed by atoms with Crippen molar-refractivity contribution in [1.29, 1.82) is 0 Å². The van der Waals surface area contributed by atoms with E-state index < -0.39 is 0 Å². The van der Waals surface area contributed by atoms with E-state index in [-0.39, 0.29) is 11.8 Å². The summed E-state index contributed by atoms with van der Waals surface area (Å²) in [5.74, 6) is 0.932. The summed E-state index contributed by atoms with van der Waals surface area (Å²) in [6.07, 6.45) is 3.75. The van der Waals surface area contributed by atoms with E-state index in [9.17, 15) is 4.79 Å². The second-order valence-electron chi connectivity index (χ2n) is 4.80. The summed E-state index contributed by atoms with van der Waals surface area (Å²) in [6.45, 7) is 1.78. The molecule has 1 aliphatic heterocycles. The quantitative estimate of drug-likeness (QED) is 0.840. The van der Waals surface area contributed by atoms with Crippen LogP contribution >= 0.6 is 0 Å². The van der Waals surface area contributed by atoms with Gasteiger partial charge in [-0.25, -0.2) is 4.98 Å². The number of nitrogens with one attached hydrogen (secondary N) is 2. The number of anilines is 2. The maximum atomic E-state index is 12.1. The van der Waals surface area contributed by atoms with Crippen LogP contribution in [0.2, 0.25) is 0 Å². The Balaban J connectivity index is 2.06. The summed E-state index contributed by atoms with van der Waals surface area (Å²) >= 11 is 0. The minimum atomic E-state index is 0.0639. The Hall–Kier alpha value is -1.62. The highest BCUT2D eigenvalue weighted by atomic mass is 16.1. The molecule has 1 aromatic heterocycles. The van der Waals surface area contributed by atoms with Crippen molar-refractivity contribution in [1.82, 2.24) is 10.3 Å². The highest BCUT2D eigenvalue weighted by Crippen LogP contribution is 2.22. The van der Waals surface area contributed by atoms with Crippen molar-refractivity contribution >= 4 is 17.4 Å². The largest absolute Gasteiger partial charge is 0.361 e. The molecule has 1 saturated heterocycles. The molecule has 2 rings (SSSR count). The Morgan fingerprint density at radius 3 is 3.06 bits per heavy atom. The summed E-state index contributed by atoms with van der Waals surface area (Å²) in [5.41, 5.74) is 0.776. The van der Waals surface area contributed by atoms with Gasteiger partial charge in [0.05, 0.1) is 11.6 Å². The van der Waals surface area contributed by atoms with Crippen LogP contribution in [0.15, 0.2) is 18.3 Å². The average Bonchev–Trinajstić information content (AvgIpc) is 2.40. The number of carbonyl (C=O) groups is 1. The summed E-state index contributed by atoms with van der Waals surface area (Å²) in [7, 11) is 3.83. The van der Waals surface area contributed by atoms with Crippen molar-refractivity contribution in [3.63, 3.8) is 0 Å². The normalized spacial score (nSPS) is 19.3. The smallest absolute Gasteiger partial charge is 0.228 e. The topological polar surface area (TPSA) is 57.3 Å². The standard InChI is InChI=1S/C13H20N4O/c1-17(2)12-11(6-4-8-15-12)16-13(18)10-5-3-7-14-9-10/h4,6,8,10,14H,3,5,7,9H2,1-2H3,(H,16,18). The molecular formula is C13H20N4O. The second kappa shape index (κ2) is 5.82. The van der Waals surface area contributed by atoms with Crippen LogP contribution in [0.5, 0.6) is 0 Å². The van der Waals surface area contributed by atoms with Crippen molar-refractivity contribution in [3.05, 3.63) is 18.3 Å². The molecular weight excluding hydrogens is 228 g/mol. The lowest BCUT2D eigenvalue weighted by atomic mass is 9.99. The molecule has 5 heteroatoms. The number of nitrogens with zero attached hydrogens (tertiary/aromatic N) is 2. The van der Waals surface area contributed by atoms with E-state index in [4.69, 9.17) is 0 Å². The van der Waals surface area contributed by atoms with Crippen LogP contribution in [0.4, 0.5) is 11.5 Å². The molecule has 1 aromatic rings. The third-order valence-corrected chi connectivity index (χ3v) is 3.14. The maximum absolute atomic E-state index is 12.1. The van der Waals surface area contributed by atoms with Crippen LogP contribution in [0.25, 0.3) is 0 Å². The van der Waals surface area contributed by atoms with Gasteiger partial charge in [-0.3, -0.25) is 4.79 Å². The Labute approximate surface area is 108 Å². The molecule has 2 heterocycles. The van der Waals surface area contributed by atoms with E-state index in [0.29, 0.717) is 0 Å². The average molecular weight is 248 g/mol. The maximum Gasteiger partial charge on any atom is 0.228 e. The monoisotopic (exact) mass is 248 g/mol. The molecule has 1 atom stereocenters. The molecule has 0 aromatic carbocycles. The van der Waals surface area contributed by atoms with E-state index >= 15 is 0 Å². The Bertz CT molecular complexity index is 413. The van der Waals surface area contributed by atoms with Crippen molar-refractivity contribution in [2.24, 2.45) is 5.92 Å². The number of pyridine rings is 1. The molecule has 98 valence electrons. The summed E-state index contributed by atoms with van der Waals surface area (Å²) in [6, 6.07) is 3.72. The molecule has 5 nitrogen and oxygen atoms in total. The third kappa shape index (κ3) is 2.98. The predicted octanol–water partition coefficient (Wildman–Crippen LogP) is 1.09. The summed E-state index contributed by atoms with van der Waals surface area (Å²) in [5, 5.41) is 6.23. The predicted molar refractivity (Wildman–Crippen MR) is 72.8 cm³/mol. The number of rotatable bonds is 3. The van der Waals surface area contributed by atoms with E-state index in [1.54, 1.807) is 6.20 Å². The SMILES string of the molecule is CN(C)c1ncccc1NC(=O)C1CCCNC1. The molecule has 18 heavy (non-hydrogen) atoms. The Kier molecular flexibility index (Phi) is 4.15. The molecule has 1 unspecified atom stereocenters. The zero-order valence-electron chi connectivity index (χ0n) is 10.9. The lowest BCUT2D eigenvalue weighted by molar-refractivity contribution is -0.120. The van der Waals surface area contributed by atoms with Crippen LogP contribution in [0, 0.1) is 5.92 Å². The molecule has 1 fully saturated rings.